The van der Waals surface area contributed by atoms with Crippen molar-refractivity contribution in [2.24, 2.45) is 0 Å². The summed E-state index contributed by atoms with van der Waals surface area (Å²) in [6.07, 6.45) is 2.21. The second-order valence-corrected chi connectivity index (χ2v) is 5.52. The Hall–Kier alpha value is -2.44. The van der Waals surface area contributed by atoms with Gasteiger partial charge in [0.2, 0.25) is 0 Å². The molecule has 0 amide bonds. The standard InChI is InChI=1S/C16H22N4O3/c1-4-5-8-13(16(21)22)20-15(17-18-19-20)10-23-14-9-6-7-11(2)12(14)3/h6-7,9,13H,4-5,8,10H2,1-3H3,(H,21,22). The zero-order valence-electron chi connectivity index (χ0n) is 13.7. The molecule has 0 aliphatic carbocycles. The molecule has 0 saturated heterocycles. The van der Waals surface area contributed by atoms with E-state index in [1.165, 1.54) is 4.68 Å². The molecule has 1 aromatic heterocycles. The van der Waals surface area contributed by atoms with E-state index in [1.807, 2.05) is 39.0 Å². The maximum atomic E-state index is 11.5. The Morgan fingerprint density at radius 1 is 1.39 bits per heavy atom. The molecule has 0 saturated carbocycles. The smallest absolute Gasteiger partial charge is 0.328 e. The van der Waals surface area contributed by atoms with E-state index < -0.39 is 12.0 Å². The van der Waals surface area contributed by atoms with E-state index in [9.17, 15) is 9.90 Å². The summed E-state index contributed by atoms with van der Waals surface area (Å²) in [6, 6.07) is 5.05. The number of tetrazole rings is 1. The van der Waals surface area contributed by atoms with E-state index in [1.54, 1.807) is 0 Å². The molecule has 0 radical (unpaired) electrons. The molecule has 7 heteroatoms. The molecule has 0 spiro atoms. The van der Waals surface area contributed by atoms with Crippen molar-refractivity contribution in [1.29, 1.82) is 0 Å². The van der Waals surface area contributed by atoms with Crippen LogP contribution in [0.1, 0.15) is 49.2 Å². The van der Waals surface area contributed by atoms with Crippen molar-refractivity contribution in [3.8, 4) is 5.75 Å². The summed E-state index contributed by atoms with van der Waals surface area (Å²) in [5, 5.41) is 20.8. The number of carboxylic acids is 1. The first-order valence-electron chi connectivity index (χ1n) is 7.73. The summed E-state index contributed by atoms with van der Waals surface area (Å²) in [4.78, 5) is 11.5. The van der Waals surface area contributed by atoms with Crippen LogP contribution in [0.15, 0.2) is 18.2 Å². The normalized spacial score (nSPS) is 12.1. The van der Waals surface area contributed by atoms with Crippen molar-refractivity contribution >= 4 is 5.97 Å². The molecule has 0 fully saturated rings. The molecular formula is C16H22N4O3. The Morgan fingerprint density at radius 3 is 2.87 bits per heavy atom. The van der Waals surface area contributed by atoms with Gasteiger partial charge in [0, 0.05) is 0 Å². The van der Waals surface area contributed by atoms with E-state index in [-0.39, 0.29) is 6.61 Å². The van der Waals surface area contributed by atoms with E-state index in [4.69, 9.17) is 4.74 Å². The number of unbranched alkanes of at least 4 members (excludes halogenated alkanes) is 1. The lowest BCUT2D eigenvalue weighted by Gasteiger charge is -2.15. The average Bonchev–Trinajstić information content (AvgIpc) is 2.97. The Kier molecular flexibility index (Phi) is 5.67. The second-order valence-electron chi connectivity index (χ2n) is 5.52. The molecule has 124 valence electrons. The number of aromatic nitrogens is 4. The summed E-state index contributed by atoms with van der Waals surface area (Å²) in [5.74, 6) is 0.230. The number of rotatable bonds is 8. The lowest BCUT2D eigenvalue weighted by molar-refractivity contribution is -0.141. The van der Waals surface area contributed by atoms with Crippen LogP contribution in [-0.4, -0.2) is 31.3 Å². The highest BCUT2D eigenvalue weighted by atomic mass is 16.5. The lowest BCUT2D eigenvalue weighted by Crippen LogP contribution is -2.23. The van der Waals surface area contributed by atoms with Gasteiger partial charge >= 0.3 is 5.97 Å². The van der Waals surface area contributed by atoms with Gasteiger partial charge in [-0.25, -0.2) is 9.48 Å². The van der Waals surface area contributed by atoms with Crippen LogP contribution in [0.5, 0.6) is 5.75 Å². The summed E-state index contributed by atoms with van der Waals surface area (Å²) >= 11 is 0. The highest BCUT2D eigenvalue weighted by Crippen LogP contribution is 2.22. The molecule has 23 heavy (non-hydrogen) atoms. The Morgan fingerprint density at radius 2 is 2.17 bits per heavy atom. The number of aryl methyl sites for hydroxylation is 1. The SMILES string of the molecule is CCCCC(C(=O)O)n1nnnc1COc1cccc(C)c1C. The summed E-state index contributed by atoms with van der Waals surface area (Å²) in [5.41, 5.74) is 2.18. The van der Waals surface area contributed by atoms with Crippen molar-refractivity contribution in [2.45, 2.75) is 52.7 Å². The molecule has 0 bridgehead atoms. The van der Waals surface area contributed by atoms with Gasteiger partial charge in [-0.15, -0.1) is 5.10 Å². The van der Waals surface area contributed by atoms with Gasteiger partial charge in [-0.1, -0.05) is 31.9 Å². The molecule has 0 aliphatic heterocycles. The number of nitrogens with zero attached hydrogens (tertiary/aromatic N) is 4. The van der Waals surface area contributed by atoms with Crippen LogP contribution in [0, 0.1) is 13.8 Å². The van der Waals surface area contributed by atoms with Crippen LogP contribution < -0.4 is 4.74 Å². The zero-order valence-corrected chi connectivity index (χ0v) is 13.7. The minimum Gasteiger partial charge on any atom is -0.485 e. The highest BCUT2D eigenvalue weighted by molar-refractivity contribution is 5.71. The third-order valence-corrected chi connectivity index (χ3v) is 3.88. The van der Waals surface area contributed by atoms with Gasteiger partial charge in [-0.3, -0.25) is 0 Å². The predicted molar refractivity (Wildman–Crippen MR) is 84.3 cm³/mol. The summed E-state index contributed by atoms with van der Waals surface area (Å²) in [7, 11) is 0. The van der Waals surface area contributed by atoms with Gasteiger partial charge in [0.05, 0.1) is 0 Å². The second kappa shape index (κ2) is 7.71. The number of hydrogen-bond acceptors (Lipinski definition) is 5. The predicted octanol–water partition coefficient (Wildman–Crippen LogP) is 2.68. The van der Waals surface area contributed by atoms with Crippen molar-refractivity contribution in [3.63, 3.8) is 0 Å². The summed E-state index contributed by atoms with van der Waals surface area (Å²) in [6.45, 7) is 6.14. The molecule has 1 N–H and O–H groups in total. The average molecular weight is 318 g/mol. The fourth-order valence-corrected chi connectivity index (χ4v) is 2.32. The monoisotopic (exact) mass is 318 g/mol. The van der Waals surface area contributed by atoms with Crippen molar-refractivity contribution in [2.75, 3.05) is 0 Å². The van der Waals surface area contributed by atoms with Crippen molar-refractivity contribution in [1.82, 2.24) is 20.2 Å². The van der Waals surface area contributed by atoms with Crippen LogP contribution in [0.2, 0.25) is 0 Å². The first-order chi connectivity index (χ1) is 11.0. The van der Waals surface area contributed by atoms with Crippen LogP contribution in [0.4, 0.5) is 0 Å². The number of carbonyl (C=O) groups is 1. The van der Waals surface area contributed by atoms with E-state index in [2.05, 4.69) is 15.5 Å². The molecule has 1 heterocycles. The quantitative estimate of drug-likeness (QED) is 0.805. The van der Waals surface area contributed by atoms with E-state index >= 15 is 0 Å². The van der Waals surface area contributed by atoms with Gasteiger partial charge < -0.3 is 9.84 Å². The molecule has 2 rings (SSSR count). The van der Waals surface area contributed by atoms with Gasteiger partial charge in [-0.2, -0.15) is 0 Å². The van der Waals surface area contributed by atoms with Gasteiger partial charge in [-0.05, 0) is 47.9 Å². The topological polar surface area (TPSA) is 90.1 Å². The van der Waals surface area contributed by atoms with Crippen molar-refractivity contribution in [3.05, 3.63) is 35.2 Å². The molecule has 1 aromatic carbocycles. The molecule has 1 unspecified atom stereocenters. The third kappa shape index (κ3) is 4.06. The maximum Gasteiger partial charge on any atom is 0.328 e. The number of carboxylic acid groups (broad SMARTS) is 1. The van der Waals surface area contributed by atoms with Gasteiger partial charge in [0.25, 0.3) is 0 Å². The number of benzene rings is 1. The van der Waals surface area contributed by atoms with Crippen LogP contribution in [-0.2, 0) is 11.4 Å². The van der Waals surface area contributed by atoms with Gasteiger partial charge in [0.15, 0.2) is 11.9 Å². The lowest BCUT2D eigenvalue weighted by atomic mass is 10.1. The number of hydrogen-bond donors (Lipinski definition) is 1. The largest absolute Gasteiger partial charge is 0.485 e. The van der Waals surface area contributed by atoms with Crippen LogP contribution in [0.25, 0.3) is 0 Å². The molecule has 1 atom stereocenters. The zero-order chi connectivity index (χ0) is 16.8. The van der Waals surface area contributed by atoms with Crippen molar-refractivity contribution < 1.29 is 14.6 Å². The van der Waals surface area contributed by atoms with E-state index in [0.717, 1.165) is 29.7 Å². The van der Waals surface area contributed by atoms with Crippen LogP contribution in [0.3, 0.4) is 0 Å². The van der Waals surface area contributed by atoms with Crippen LogP contribution >= 0.6 is 0 Å². The first kappa shape index (κ1) is 16.9. The molecular weight excluding hydrogens is 296 g/mol. The maximum absolute atomic E-state index is 11.5. The number of aliphatic carboxylic acids is 1. The third-order valence-electron chi connectivity index (χ3n) is 3.88. The fourth-order valence-electron chi connectivity index (χ4n) is 2.32. The summed E-state index contributed by atoms with van der Waals surface area (Å²) < 4.78 is 7.13. The Labute approximate surface area is 135 Å². The fraction of sp³-hybridized carbons (Fsp3) is 0.500. The van der Waals surface area contributed by atoms with E-state index in [0.29, 0.717) is 12.2 Å². The Bertz CT molecular complexity index is 669. The Balaban J connectivity index is 2.14. The first-order valence-corrected chi connectivity index (χ1v) is 7.73. The minimum atomic E-state index is -0.932. The van der Waals surface area contributed by atoms with Gasteiger partial charge in [0.1, 0.15) is 12.4 Å². The highest BCUT2D eigenvalue weighted by Gasteiger charge is 2.24. The molecule has 7 nitrogen and oxygen atoms in total. The minimum absolute atomic E-state index is 0.132. The molecule has 0 aliphatic rings. The number of ether oxygens (including phenoxy) is 1. The molecule has 2 aromatic rings.